The number of aliphatic hydroxyl groups is 1. The van der Waals surface area contributed by atoms with Gasteiger partial charge in [-0.1, -0.05) is 25.5 Å². The van der Waals surface area contributed by atoms with Gasteiger partial charge >= 0.3 is 0 Å². The molecule has 0 aliphatic rings. The number of benzene rings is 1. The number of aliphatic hydroxyl groups excluding tert-OH is 1. The second-order valence-corrected chi connectivity index (χ2v) is 4.83. The first-order valence-electron chi connectivity index (χ1n) is 7.06. The zero-order valence-electron chi connectivity index (χ0n) is 12.4. The van der Waals surface area contributed by atoms with Crippen LogP contribution in [-0.2, 0) is 13.2 Å². The van der Waals surface area contributed by atoms with Crippen LogP contribution in [0, 0.1) is 0 Å². The van der Waals surface area contributed by atoms with E-state index in [0.29, 0.717) is 17.8 Å². The van der Waals surface area contributed by atoms with Gasteiger partial charge in [-0.25, -0.2) is 4.68 Å². The van der Waals surface area contributed by atoms with Crippen LogP contribution in [0.25, 0.3) is 11.3 Å². The molecule has 0 unspecified atom stereocenters. The molecule has 1 aromatic heterocycles. The van der Waals surface area contributed by atoms with Crippen molar-refractivity contribution < 1.29 is 9.84 Å². The highest BCUT2D eigenvalue weighted by Gasteiger charge is 2.09. The van der Waals surface area contributed by atoms with E-state index in [-0.39, 0.29) is 12.2 Å². The van der Waals surface area contributed by atoms with Crippen molar-refractivity contribution in [2.45, 2.75) is 32.9 Å². The van der Waals surface area contributed by atoms with Crippen LogP contribution in [0.15, 0.2) is 35.1 Å². The zero-order chi connectivity index (χ0) is 15.2. The fourth-order valence-corrected chi connectivity index (χ4v) is 2.09. The van der Waals surface area contributed by atoms with Crippen molar-refractivity contribution in [2.24, 2.45) is 0 Å². The lowest BCUT2D eigenvalue weighted by molar-refractivity contribution is 0.278. The number of aryl methyl sites for hydroxylation is 1. The van der Waals surface area contributed by atoms with Gasteiger partial charge in [-0.3, -0.25) is 4.79 Å². The second kappa shape index (κ2) is 7.04. The Morgan fingerprint density at radius 2 is 2.14 bits per heavy atom. The van der Waals surface area contributed by atoms with Crippen molar-refractivity contribution >= 4 is 0 Å². The molecule has 0 saturated heterocycles. The van der Waals surface area contributed by atoms with E-state index in [1.807, 2.05) is 24.3 Å². The van der Waals surface area contributed by atoms with Crippen LogP contribution < -0.4 is 10.3 Å². The number of hydrogen-bond donors (Lipinski definition) is 1. The van der Waals surface area contributed by atoms with Crippen LogP contribution >= 0.6 is 0 Å². The second-order valence-electron chi connectivity index (χ2n) is 4.83. The molecule has 5 heteroatoms. The van der Waals surface area contributed by atoms with Crippen LogP contribution in [0.4, 0.5) is 0 Å². The molecule has 0 aliphatic carbocycles. The summed E-state index contributed by atoms with van der Waals surface area (Å²) in [6.45, 7) is 2.33. The van der Waals surface area contributed by atoms with Crippen molar-refractivity contribution in [1.29, 1.82) is 0 Å². The van der Waals surface area contributed by atoms with Gasteiger partial charge in [0.2, 0.25) is 0 Å². The minimum absolute atomic E-state index is 0.224. The Morgan fingerprint density at radius 3 is 2.81 bits per heavy atom. The van der Waals surface area contributed by atoms with Gasteiger partial charge in [-0.05, 0) is 24.6 Å². The molecule has 0 spiro atoms. The summed E-state index contributed by atoms with van der Waals surface area (Å²) in [5.41, 5.74) is 1.65. The predicted octanol–water partition coefficient (Wildman–Crippen LogP) is 2.21. The summed E-state index contributed by atoms with van der Waals surface area (Å²) in [7, 11) is 1.61. The topological polar surface area (TPSA) is 64.3 Å². The summed E-state index contributed by atoms with van der Waals surface area (Å²) < 4.78 is 6.64. The summed E-state index contributed by atoms with van der Waals surface area (Å²) in [5.74, 6) is 0.728. The van der Waals surface area contributed by atoms with Gasteiger partial charge in [0.15, 0.2) is 0 Å². The summed E-state index contributed by atoms with van der Waals surface area (Å²) in [5, 5.41) is 13.8. The van der Waals surface area contributed by atoms with E-state index in [2.05, 4.69) is 12.0 Å². The van der Waals surface area contributed by atoms with Crippen LogP contribution in [0.5, 0.6) is 5.75 Å². The molecular weight excluding hydrogens is 268 g/mol. The lowest BCUT2D eigenvalue weighted by atomic mass is 10.1. The predicted molar refractivity (Wildman–Crippen MR) is 81.3 cm³/mol. The number of hydrogen-bond acceptors (Lipinski definition) is 4. The van der Waals surface area contributed by atoms with Gasteiger partial charge < -0.3 is 9.84 Å². The van der Waals surface area contributed by atoms with Gasteiger partial charge in [0.25, 0.3) is 5.56 Å². The monoisotopic (exact) mass is 288 g/mol. The Bertz CT molecular complexity index is 665. The minimum Gasteiger partial charge on any atom is -0.497 e. The Labute approximate surface area is 123 Å². The van der Waals surface area contributed by atoms with E-state index in [0.717, 1.165) is 24.2 Å². The normalized spacial score (nSPS) is 10.6. The Kier molecular flexibility index (Phi) is 5.11. The standard InChI is InChI=1S/C16H20N2O3/c1-3-4-8-18-16(20)13(11-19)10-15(17-18)12-6-5-7-14(9-12)21-2/h5-7,9-10,19H,3-4,8,11H2,1-2H3. The first-order chi connectivity index (χ1) is 10.2. The van der Waals surface area contributed by atoms with Crippen LogP contribution in [-0.4, -0.2) is 22.0 Å². The van der Waals surface area contributed by atoms with Gasteiger partial charge in [-0.15, -0.1) is 0 Å². The maximum absolute atomic E-state index is 12.1. The Hall–Kier alpha value is -2.14. The summed E-state index contributed by atoms with van der Waals surface area (Å²) in [6, 6.07) is 9.12. The third kappa shape index (κ3) is 3.49. The fraction of sp³-hybridized carbons (Fsp3) is 0.375. The van der Waals surface area contributed by atoms with E-state index >= 15 is 0 Å². The van der Waals surface area contributed by atoms with Crippen molar-refractivity contribution in [2.75, 3.05) is 7.11 Å². The van der Waals surface area contributed by atoms with E-state index in [4.69, 9.17) is 4.74 Å². The molecule has 0 saturated carbocycles. The third-order valence-electron chi connectivity index (χ3n) is 3.31. The molecule has 2 aromatic rings. The smallest absolute Gasteiger partial charge is 0.272 e. The van der Waals surface area contributed by atoms with Gasteiger partial charge in [-0.2, -0.15) is 5.10 Å². The lowest BCUT2D eigenvalue weighted by Gasteiger charge is -2.10. The molecule has 2 rings (SSSR count). The number of nitrogens with zero attached hydrogens (tertiary/aromatic N) is 2. The molecule has 1 heterocycles. The molecule has 21 heavy (non-hydrogen) atoms. The molecule has 0 atom stereocenters. The van der Waals surface area contributed by atoms with Gasteiger partial charge in [0.05, 0.1) is 19.4 Å². The van der Waals surface area contributed by atoms with Crippen molar-refractivity contribution in [3.8, 4) is 17.0 Å². The summed E-state index contributed by atoms with van der Waals surface area (Å²) in [4.78, 5) is 12.1. The van der Waals surface area contributed by atoms with Crippen LogP contribution in [0.2, 0.25) is 0 Å². The zero-order valence-corrected chi connectivity index (χ0v) is 12.4. The maximum atomic E-state index is 12.1. The first kappa shape index (κ1) is 15.3. The average molecular weight is 288 g/mol. The van der Waals surface area contributed by atoms with E-state index in [9.17, 15) is 9.90 Å². The molecule has 0 aliphatic heterocycles. The number of unbranched alkanes of at least 4 members (excludes halogenated alkanes) is 1. The molecule has 0 radical (unpaired) electrons. The van der Waals surface area contributed by atoms with Crippen molar-refractivity contribution in [3.05, 3.63) is 46.2 Å². The highest BCUT2D eigenvalue weighted by Crippen LogP contribution is 2.22. The molecule has 5 nitrogen and oxygen atoms in total. The Balaban J connectivity index is 2.49. The van der Waals surface area contributed by atoms with E-state index in [1.54, 1.807) is 13.2 Å². The van der Waals surface area contributed by atoms with E-state index < -0.39 is 0 Å². The third-order valence-corrected chi connectivity index (χ3v) is 3.31. The number of methoxy groups -OCH3 is 1. The van der Waals surface area contributed by atoms with Gasteiger partial charge in [0, 0.05) is 17.7 Å². The van der Waals surface area contributed by atoms with Crippen molar-refractivity contribution in [1.82, 2.24) is 9.78 Å². The van der Waals surface area contributed by atoms with Crippen LogP contribution in [0.3, 0.4) is 0 Å². The quantitative estimate of drug-likeness (QED) is 0.885. The molecule has 0 fully saturated rings. The van der Waals surface area contributed by atoms with Crippen molar-refractivity contribution in [3.63, 3.8) is 0 Å². The molecule has 0 amide bonds. The SMILES string of the molecule is CCCCn1nc(-c2cccc(OC)c2)cc(CO)c1=O. The molecule has 1 aromatic carbocycles. The largest absolute Gasteiger partial charge is 0.497 e. The lowest BCUT2D eigenvalue weighted by Crippen LogP contribution is -2.26. The van der Waals surface area contributed by atoms with Crippen LogP contribution in [0.1, 0.15) is 25.3 Å². The molecular formula is C16H20N2O3. The average Bonchev–Trinajstić information content (AvgIpc) is 2.54. The first-order valence-corrected chi connectivity index (χ1v) is 7.06. The highest BCUT2D eigenvalue weighted by atomic mass is 16.5. The molecule has 112 valence electrons. The summed E-state index contributed by atoms with van der Waals surface area (Å²) >= 11 is 0. The molecule has 1 N–H and O–H groups in total. The maximum Gasteiger partial charge on any atom is 0.272 e. The highest BCUT2D eigenvalue weighted by molar-refractivity contribution is 5.61. The van der Waals surface area contributed by atoms with Gasteiger partial charge in [0.1, 0.15) is 5.75 Å². The summed E-state index contributed by atoms with van der Waals surface area (Å²) in [6.07, 6.45) is 1.85. The fourth-order valence-electron chi connectivity index (χ4n) is 2.09. The number of aromatic nitrogens is 2. The number of ether oxygens (including phenoxy) is 1. The van der Waals surface area contributed by atoms with E-state index in [1.165, 1.54) is 4.68 Å². The number of rotatable bonds is 6. The molecule has 0 bridgehead atoms. The Morgan fingerprint density at radius 1 is 1.33 bits per heavy atom. The minimum atomic E-state index is -0.287.